The molecular formula is C21H23N5O6S3. The first kappa shape index (κ1) is 24.9. The van der Waals surface area contributed by atoms with Crippen LogP contribution in [0.1, 0.15) is 38.3 Å². The Bertz CT molecular complexity index is 1590. The number of amidine groups is 1. The van der Waals surface area contributed by atoms with E-state index in [0.29, 0.717) is 11.3 Å². The fourth-order valence-electron chi connectivity index (χ4n) is 3.70. The summed E-state index contributed by atoms with van der Waals surface area (Å²) < 4.78 is 54.9. The number of sulfonamides is 2. The number of benzene rings is 1. The van der Waals surface area contributed by atoms with E-state index >= 15 is 0 Å². The normalized spacial score (nSPS) is 15.6. The van der Waals surface area contributed by atoms with Gasteiger partial charge in [-0.1, -0.05) is 19.4 Å². The first-order valence-electron chi connectivity index (χ1n) is 10.5. The summed E-state index contributed by atoms with van der Waals surface area (Å²) in [5.74, 6) is -0.834. The third kappa shape index (κ3) is 4.94. The minimum Gasteiger partial charge on any atom is -0.505 e. The molecule has 1 atom stereocenters. The third-order valence-electron chi connectivity index (χ3n) is 5.22. The van der Waals surface area contributed by atoms with Crippen molar-refractivity contribution in [2.24, 2.45) is 4.99 Å². The van der Waals surface area contributed by atoms with Gasteiger partial charge >= 0.3 is 0 Å². The number of hydrogen-bond acceptors (Lipinski definition) is 9. The molecule has 2 aromatic heterocycles. The lowest BCUT2D eigenvalue weighted by Crippen LogP contribution is -2.40. The number of thiophene rings is 1. The maximum Gasteiger partial charge on any atom is 0.281 e. The molecule has 1 aromatic carbocycles. The maximum atomic E-state index is 13.4. The average Bonchev–Trinajstić information content (AvgIpc) is 3.28. The molecule has 0 bridgehead atoms. The van der Waals surface area contributed by atoms with Gasteiger partial charge in [0.15, 0.2) is 11.6 Å². The van der Waals surface area contributed by atoms with Crippen LogP contribution in [0.5, 0.6) is 5.75 Å². The second-order valence-corrected chi connectivity index (χ2v) is 12.4. The first-order valence-corrected chi connectivity index (χ1v) is 14.8. The molecule has 14 heteroatoms. The van der Waals surface area contributed by atoms with Gasteiger partial charge in [0.1, 0.15) is 16.2 Å². The number of fused-ring (bicyclic) bond motifs is 1. The van der Waals surface area contributed by atoms with Gasteiger partial charge in [-0.2, -0.15) is 5.10 Å². The summed E-state index contributed by atoms with van der Waals surface area (Å²) in [6.45, 7) is 3.78. The largest absolute Gasteiger partial charge is 0.505 e. The van der Waals surface area contributed by atoms with Crippen LogP contribution in [0.3, 0.4) is 0 Å². The molecule has 0 saturated heterocycles. The summed E-state index contributed by atoms with van der Waals surface area (Å²) in [5, 5.41) is 17.2. The number of aromatic nitrogens is 2. The fourth-order valence-corrected chi connectivity index (χ4v) is 6.15. The van der Waals surface area contributed by atoms with E-state index < -0.39 is 31.4 Å². The molecule has 0 fully saturated rings. The van der Waals surface area contributed by atoms with Gasteiger partial charge < -0.3 is 5.11 Å². The Morgan fingerprint density at radius 3 is 2.66 bits per heavy atom. The van der Waals surface area contributed by atoms with Crippen LogP contribution >= 0.6 is 11.3 Å². The molecule has 3 aromatic rings. The van der Waals surface area contributed by atoms with Crippen molar-refractivity contribution < 1.29 is 21.9 Å². The maximum absolute atomic E-state index is 13.4. The summed E-state index contributed by atoms with van der Waals surface area (Å²) in [4.78, 5) is 18.0. The lowest BCUT2D eigenvalue weighted by atomic mass is 10.1. The van der Waals surface area contributed by atoms with E-state index in [0.717, 1.165) is 18.7 Å². The van der Waals surface area contributed by atoms with Crippen molar-refractivity contribution in [3.8, 4) is 16.3 Å². The number of hydrogen-bond donors (Lipinski definition) is 3. The zero-order valence-electron chi connectivity index (χ0n) is 19.0. The molecule has 0 spiro atoms. The molecule has 0 radical (unpaired) electrons. The van der Waals surface area contributed by atoms with E-state index in [2.05, 4.69) is 19.5 Å². The quantitative estimate of drug-likeness (QED) is 0.418. The van der Waals surface area contributed by atoms with Gasteiger partial charge in [0.2, 0.25) is 10.0 Å². The highest BCUT2D eigenvalue weighted by atomic mass is 32.2. The average molecular weight is 538 g/mol. The number of nitrogens with zero attached hydrogens (tertiary/aromatic N) is 3. The summed E-state index contributed by atoms with van der Waals surface area (Å²) in [6.07, 6.45) is 2.36. The molecule has 186 valence electrons. The first-order chi connectivity index (χ1) is 16.4. The molecule has 0 aliphatic carbocycles. The van der Waals surface area contributed by atoms with Gasteiger partial charge in [-0.25, -0.2) is 26.5 Å². The van der Waals surface area contributed by atoms with E-state index in [-0.39, 0.29) is 39.4 Å². The van der Waals surface area contributed by atoms with E-state index in [9.17, 15) is 26.7 Å². The molecule has 1 unspecified atom stereocenters. The summed E-state index contributed by atoms with van der Waals surface area (Å²) in [5.41, 5.74) is -0.849. The van der Waals surface area contributed by atoms with Crippen LogP contribution in [-0.2, 0) is 20.0 Å². The van der Waals surface area contributed by atoms with Crippen LogP contribution in [0.25, 0.3) is 10.6 Å². The monoisotopic (exact) mass is 537 g/mol. The van der Waals surface area contributed by atoms with Crippen LogP contribution in [-0.4, -0.2) is 43.8 Å². The van der Waals surface area contributed by atoms with Gasteiger partial charge in [-0.3, -0.25) is 14.2 Å². The van der Waals surface area contributed by atoms with Crippen LogP contribution in [0.15, 0.2) is 50.4 Å². The highest BCUT2D eigenvalue weighted by Gasteiger charge is 2.32. The van der Waals surface area contributed by atoms with E-state index in [1.807, 2.05) is 13.8 Å². The van der Waals surface area contributed by atoms with Crippen molar-refractivity contribution in [1.29, 1.82) is 0 Å². The lowest BCUT2D eigenvalue weighted by molar-refractivity contribution is 0.417. The SMILES string of the molecule is CCCC(C)n1nc(-c2cccs2)c(O)c(C2=Nc3ccc(NS(C)(=O)=O)cc3S(=O)(=O)N2)c1=O. The standard InChI is InChI=1S/C21H23N5O6S3/c1-4-6-12(2)26-21(28)17(19(27)18(23-26)15-7-5-10-33-15)20-22-14-9-8-13(24-34(3,29)30)11-16(14)35(31,32)25-20/h5,7-12,24,27H,4,6H2,1-3H3,(H,22,25). The summed E-state index contributed by atoms with van der Waals surface area (Å²) in [6, 6.07) is 6.98. The minimum atomic E-state index is -4.25. The molecule has 0 saturated carbocycles. The number of anilines is 1. The Hall–Kier alpha value is -3.23. The van der Waals surface area contributed by atoms with Crippen LogP contribution < -0.4 is 15.0 Å². The van der Waals surface area contributed by atoms with Crippen LogP contribution in [0, 0.1) is 0 Å². The Balaban J connectivity index is 1.94. The van der Waals surface area contributed by atoms with E-state index in [4.69, 9.17) is 0 Å². The van der Waals surface area contributed by atoms with Gasteiger partial charge in [-0.15, -0.1) is 11.3 Å². The number of nitrogens with one attached hydrogen (secondary N) is 2. The molecule has 4 rings (SSSR count). The Morgan fingerprint density at radius 1 is 1.29 bits per heavy atom. The zero-order valence-corrected chi connectivity index (χ0v) is 21.5. The lowest BCUT2D eigenvalue weighted by Gasteiger charge is -2.21. The summed E-state index contributed by atoms with van der Waals surface area (Å²) in [7, 11) is -7.89. The van der Waals surface area contributed by atoms with E-state index in [1.54, 1.807) is 17.5 Å². The van der Waals surface area contributed by atoms with Crippen molar-refractivity contribution in [3.05, 3.63) is 51.6 Å². The molecule has 11 nitrogen and oxygen atoms in total. The molecule has 1 aliphatic heterocycles. The van der Waals surface area contributed by atoms with Gasteiger partial charge in [0.05, 0.1) is 22.9 Å². The van der Waals surface area contributed by atoms with Crippen molar-refractivity contribution in [2.75, 3.05) is 11.0 Å². The molecule has 35 heavy (non-hydrogen) atoms. The molecule has 3 N–H and O–H groups in total. The van der Waals surface area contributed by atoms with Crippen LogP contribution in [0.2, 0.25) is 0 Å². The third-order valence-corrected chi connectivity index (χ3v) is 8.07. The molecule has 1 aliphatic rings. The molecular weight excluding hydrogens is 514 g/mol. The zero-order chi connectivity index (χ0) is 25.5. The van der Waals surface area contributed by atoms with Crippen LogP contribution in [0.4, 0.5) is 11.4 Å². The Labute approximate surface area is 206 Å². The predicted molar refractivity (Wildman–Crippen MR) is 135 cm³/mol. The number of aromatic hydroxyl groups is 1. The molecule has 0 amide bonds. The van der Waals surface area contributed by atoms with Gasteiger partial charge in [0, 0.05) is 5.69 Å². The predicted octanol–water partition coefficient (Wildman–Crippen LogP) is 2.78. The minimum absolute atomic E-state index is 0.0146. The second kappa shape index (κ2) is 9.09. The Morgan fingerprint density at radius 2 is 2.03 bits per heavy atom. The highest BCUT2D eigenvalue weighted by Crippen LogP contribution is 2.36. The van der Waals surface area contributed by atoms with Crippen molar-refractivity contribution >= 4 is 48.6 Å². The van der Waals surface area contributed by atoms with Crippen molar-refractivity contribution in [2.45, 2.75) is 37.6 Å². The van der Waals surface area contributed by atoms with Gasteiger partial charge in [0.25, 0.3) is 15.6 Å². The number of rotatable bonds is 7. The number of aliphatic imine (C=N–C) groups is 1. The topological polar surface area (TPSA) is 160 Å². The second-order valence-electron chi connectivity index (χ2n) is 8.06. The molecule has 3 heterocycles. The Kier molecular flexibility index (Phi) is 6.46. The van der Waals surface area contributed by atoms with Crippen molar-refractivity contribution in [1.82, 2.24) is 14.5 Å². The van der Waals surface area contributed by atoms with Gasteiger partial charge in [-0.05, 0) is 43.0 Å². The fraction of sp³-hybridized carbons (Fsp3) is 0.286. The van der Waals surface area contributed by atoms with Crippen molar-refractivity contribution in [3.63, 3.8) is 0 Å². The van der Waals surface area contributed by atoms with E-state index in [1.165, 1.54) is 28.2 Å². The smallest absolute Gasteiger partial charge is 0.281 e. The highest BCUT2D eigenvalue weighted by molar-refractivity contribution is 7.92. The summed E-state index contributed by atoms with van der Waals surface area (Å²) >= 11 is 1.31.